The van der Waals surface area contributed by atoms with E-state index in [0.717, 1.165) is 16.7 Å². The van der Waals surface area contributed by atoms with Crippen LogP contribution in [0.1, 0.15) is 20.3 Å². The fraction of sp³-hybridized carbons (Fsp3) is 0.385. The average molecular weight is 213 g/mol. The van der Waals surface area contributed by atoms with Gasteiger partial charge in [-0.3, -0.25) is 0 Å². The molecule has 0 bridgehead atoms. The van der Waals surface area contributed by atoms with Gasteiger partial charge < -0.3 is 5.32 Å². The van der Waals surface area contributed by atoms with Gasteiger partial charge in [-0.05, 0) is 24.0 Å². The SMILES string of the molecule is CC1(C)C[C@@H]1Nc1ncnc2ccccc12. The lowest BCUT2D eigenvalue weighted by atomic mass is 10.2. The number of nitrogens with one attached hydrogen (secondary N) is 1. The predicted octanol–water partition coefficient (Wildman–Crippen LogP) is 2.84. The summed E-state index contributed by atoms with van der Waals surface area (Å²) in [7, 11) is 0. The molecule has 0 saturated heterocycles. The Morgan fingerprint density at radius 3 is 2.75 bits per heavy atom. The number of nitrogens with zero attached hydrogens (tertiary/aromatic N) is 2. The Kier molecular flexibility index (Phi) is 1.90. The molecule has 1 aromatic heterocycles. The molecule has 16 heavy (non-hydrogen) atoms. The number of benzene rings is 1. The van der Waals surface area contributed by atoms with Crippen molar-refractivity contribution in [3.05, 3.63) is 30.6 Å². The lowest BCUT2D eigenvalue weighted by Gasteiger charge is -2.09. The number of anilines is 1. The number of hydrogen-bond donors (Lipinski definition) is 1. The molecule has 1 saturated carbocycles. The molecular weight excluding hydrogens is 198 g/mol. The highest BCUT2D eigenvalue weighted by molar-refractivity contribution is 5.88. The fourth-order valence-electron chi connectivity index (χ4n) is 2.00. The minimum atomic E-state index is 0.409. The molecule has 1 atom stereocenters. The molecule has 3 nitrogen and oxygen atoms in total. The van der Waals surface area contributed by atoms with E-state index in [-0.39, 0.29) is 0 Å². The molecule has 1 aliphatic carbocycles. The van der Waals surface area contributed by atoms with E-state index in [9.17, 15) is 0 Å². The fourth-order valence-corrected chi connectivity index (χ4v) is 2.00. The molecule has 1 aromatic carbocycles. The van der Waals surface area contributed by atoms with Crippen molar-refractivity contribution in [3.8, 4) is 0 Å². The summed E-state index contributed by atoms with van der Waals surface area (Å²) >= 11 is 0. The van der Waals surface area contributed by atoms with Gasteiger partial charge in [-0.15, -0.1) is 0 Å². The number of aromatic nitrogens is 2. The highest BCUT2D eigenvalue weighted by Gasteiger charge is 2.45. The van der Waals surface area contributed by atoms with Gasteiger partial charge in [0, 0.05) is 11.4 Å². The Morgan fingerprint density at radius 2 is 2.00 bits per heavy atom. The van der Waals surface area contributed by atoms with E-state index >= 15 is 0 Å². The summed E-state index contributed by atoms with van der Waals surface area (Å²) in [5.74, 6) is 0.959. The Balaban J connectivity index is 1.98. The molecule has 1 aliphatic rings. The minimum Gasteiger partial charge on any atom is -0.366 e. The third-order valence-corrected chi connectivity index (χ3v) is 3.37. The van der Waals surface area contributed by atoms with Crippen LogP contribution >= 0.6 is 0 Å². The van der Waals surface area contributed by atoms with E-state index in [2.05, 4.69) is 35.2 Å². The Labute approximate surface area is 94.9 Å². The first-order valence-corrected chi connectivity index (χ1v) is 5.63. The van der Waals surface area contributed by atoms with E-state index in [1.54, 1.807) is 6.33 Å². The molecule has 0 spiro atoms. The Bertz CT molecular complexity index is 528. The van der Waals surface area contributed by atoms with E-state index < -0.39 is 0 Å². The summed E-state index contributed by atoms with van der Waals surface area (Å²) in [5, 5.41) is 4.60. The molecular formula is C13H15N3. The van der Waals surface area contributed by atoms with Crippen molar-refractivity contribution in [3.63, 3.8) is 0 Å². The standard InChI is InChI=1S/C13H15N3/c1-13(2)7-11(13)16-12-9-5-3-4-6-10(9)14-8-15-12/h3-6,8,11H,7H2,1-2H3,(H,14,15,16)/t11-/m0/s1. The molecule has 3 rings (SSSR count). The number of para-hydroxylation sites is 1. The third-order valence-electron chi connectivity index (χ3n) is 3.37. The molecule has 1 fully saturated rings. The minimum absolute atomic E-state index is 0.409. The van der Waals surface area contributed by atoms with Gasteiger partial charge in [0.05, 0.1) is 5.52 Å². The molecule has 0 radical (unpaired) electrons. The summed E-state index contributed by atoms with van der Waals surface area (Å²) in [6, 6.07) is 8.65. The lowest BCUT2D eigenvalue weighted by molar-refractivity contribution is 0.630. The monoisotopic (exact) mass is 213 g/mol. The number of fused-ring (bicyclic) bond motifs is 1. The van der Waals surface area contributed by atoms with Crippen LogP contribution in [-0.2, 0) is 0 Å². The van der Waals surface area contributed by atoms with Gasteiger partial charge >= 0.3 is 0 Å². The predicted molar refractivity (Wildman–Crippen MR) is 65.3 cm³/mol. The molecule has 0 unspecified atom stereocenters. The van der Waals surface area contributed by atoms with Gasteiger partial charge in [-0.2, -0.15) is 0 Å². The van der Waals surface area contributed by atoms with E-state index in [1.165, 1.54) is 6.42 Å². The summed E-state index contributed by atoms with van der Waals surface area (Å²) in [6.07, 6.45) is 2.84. The first-order valence-electron chi connectivity index (χ1n) is 5.63. The maximum absolute atomic E-state index is 4.33. The van der Waals surface area contributed by atoms with E-state index in [0.29, 0.717) is 11.5 Å². The molecule has 82 valence electrons. The van der Waals surface area contributed by atoms with Gasteiger partial charge in [0.1, 0.15) is 12.1 Å². The van der Waals surface area contributed by atoms with Gasteiger partial charge in [-0.25, -0.2) is 9.97 Å². The maximum Gasteiger partial charge on any atom is 0.137 e. The van der Waals surface area contributed by atoms with Crippen LogP contribution < -0.4 is 5.32 Å². The van der Waals surface area contributed by atoms with Gasteiger partial charge in [0.15, 0.2) is 0 Å². The molecule has 0 aliphatic heterocycles. The van der Waals surface area contributed by atoms with Crippen LogP contribution in [0.25, 0.3) is 10.9 Å². The van der Waals surface area contributed by atoms with Crippen LogP contribution in [-0.4, -0.2) is 16.0 Å². The van der Waals surface area contributed by atoms with Crippen molar-refractivity contribution < 1.29 is 0 Å². The van der Waals surface area contributed by atoms with Crippen LogP contribution in [0.15, 0.2) is 30.6 Å². The Hall–Kier alpha value is -1.64. The van der Waals surface area contributed by atoms with Crippen LogP contribution in [0.3, 0.4) is 0 Å². The summed E-state index contributed by atoms with van der Waals surface area (Å²) in [6.45, 7) is 4.54. The topological polar surface area (TPSA) is 37.8 Å². The smallest absolute Gasteiger partial charge is 0.137 e. The van der Waals surface area contributed by atoms with Crippen molar-refractivity contribution >= 4 is 16.7 Å². The van der Waals surface area contributed by atoms with Crippen LogP contribution in [0.4, 0.5) is 5.82 Å². The van der Waals surface area contributed by atoms with Crippen molar-refractivity contribution in [1.29, 1.82) is 0 Å². The normalized spacial score (nSPS) is 22.0. The highest BCUT2D eigenvalue weighted by Crippen LogP contribution is 2.46. The summed E-state index contributed by atoms with van der Waals surface area (Å²) in [5.41, 5.74) is 1.41. The number of rotatable bonds is 2. The molecule has 2 aromatic rings. The van der Waals surface area contributed by atoms with Gasteiger partial charge in [0.25, 0.3) is 0 Å². The quantitative estimate of drug-likeness (QED) is 0.833. The zero-order valence-corrected chi connectivity index (χ0v) is 9.57. The van der Waals surface area contributed by atoms with Crippen LogP contribution in [0, 0.1) is 5.41 Å². The van der Waals surface area contributed by atoms with Crippen LogP contribution in [0.2, 0.25) is 0 Å². The number of hydrogen-bond acceptors (Lipinski definition) is 3. The van der Waals surface area contributed by atoms with Gasteiger partial charge in [-0.1, -0.05) is 26.0 Å². The summed E-state index contributed by atoms with van der Waals surface area (Å²) < 4.78 is 0. The summed E-state index contributed by atoms with van der Waals surface area (Å²) in [4.78, 5) is 8.59. The van der Waals surface area contributed by atoms with Crippen molar-refractivity contribution in [2.45, 2.75) is 26.3 Å². The van der Waals surface area contributed by atoms with E-state index in [1.807, 2.05) is 18.2 Å². The molecule has 1 heterocycles. The molecule has 0 amide bonds. The second kappa shape index (κ2) is 3.17. The molecule has 1 N–H and O–H groups in total. The maximum atomic E-state index is 4.33. The molecule has 3 heteroatoms. The first-order chi connectivity index (χ1) is 7.67. The van der Waals surface area contributed by atoms with Crippen LogP contribution in [0.5, 0.6) is 0 Å². The second-order valence-corrected chi connectivity index (χ2v) is 5.13. The average Bonchev–Trinajstić information content (AvgIpc) is 2.87. The highest BCUT2D eigenvalue weighted by atomic mass is 15.1. The van der Waals surface area contributed by atoms with E-state index in [4.69, 9.17) is 0 Å². The zero-order valence-electron chi connectivity index (χ0n) is 9.57. The largest absolute Gasteiger partial charge is 0.366 e. The van der Waals surface area contributed by atoms with Crippen molar-refractivity contribution in [2.24, 2.45) is 5.41 Å². The second-order valence-electron chi connectivity index (χ2n) is 5.13. The van der Waals surface area contributed by atoms with Crippen molar-refractivity contribution in [1.82, 2.24) is 9.97 Å². The first kappa shape index (κ1) is 9.58. The van der Waals surface area contributed by atoms with Crippen molar-refractivity contribution in [2.75, 3.05) is 5.32 Å². The zero-order chi connectivity index (χ0) is 11.2. The Morgan fingerprint density at radius 1 is 1.25 bits per heavy atom. The third kappa shape index (κ3) is 1.52. The van der Waals surface area contributed by atoms with Gasteiger partial charge in [0.2, 0.25) is 0 Å². The lowest BCUT2D eigenvalue weighted by Crippen LogP contribution is -2.10.